The second-order valence-electron chi connectivity index (χ2n) is 3.39. The van der Waals surface area contributed by atoms with Crippen molar-refractivity contribution in [2.75, 3.05) is 13.2 Å². The quantitative estimate of drug-likeness (QED) is 0.610. The van der Waals surface area contributed by atoms with Crippen LogP contribution in [0.25, 0.3) is 0 Å². The highest BCUT2D eigenvalue weighted by Crippen LogP contribution is 1.92. The molecule has 0 spiro atoms. The fraction of sp³-hybridized carbons (Fsp3) is 1.00. The van der Waals surface area contributed by atoms with Crippen LogP contribution in [0.15, 0.2) is 0 Å². The summed E-state index contributed by atoms with van der Waals surface area (Å²) in [4.78, 5) is 3.34. The molecule has 0 unspecified atom stereocenters. The molecule has 0 atom stereocenters. The highest BCUT2D eigenvalue weighted by atomic mass is 28.3. The van der Waals surface area contributed by atoms with Crippen LogP contribution in [0.5, 0.6) is 0 Å². The van der Waals surface area contributed by atoms with E-state index in [4.69, 9.17) is 8.85 Å². The van der Waals surface area contributed by atoms with Crippen molar-refractivity contribution in [2.24, 2.45) is 0 Å². The van der Waals surface area contributed by atoms with E-state index in [9.17, 15) is 0 Å². The molecule has 3 nitrogen and oxygen atoms in total. The molecule has 0 rings (SSSR count). The summed E-state index contributed by atoms with van der Waals surface area (Å²) in [5.41, 5.74) is 0. The van der Waals surface area contributed by atoms with Gasteiger partial charge in [-0.1, -0.05) is 27.7 Å². The van der Waals surface area contributed by atoms with Crippen molar-refractivity contribution in [1.29, 1.82) is 0 Å². The molecule has 1 N–H and O–H groups in total. The topological polar surface area (TPSA) is 30.5 Å². The number of hydrogen-bond acceptors (Lipinski definition) is 3. The molecule has 0 heterocycles. The molecule has 0 saturated heterocycles. The number of hydrogen-bond donors (Lipinski definition) is 1. The molecule has 4 heteroatoms. The minimum Gasteiger partial charge on any atom is -0.385 e. The van der Waals surface area contributed by atoms with Gasteiger partial charge in [0.1, 0.15) is 0 Å². The zero-order valence-electron chi connectivity index (χ0n) is 9.30. The summed E-state index contributed by atoms with van der Waals surface area (Å²) < 4.78 is 11.2. The molecular formula is C9H23NO2Si. The van der Waals surface area contributed by atoms with E-state index in [1.807, 2.05) is 0 Å². The smallest absolute Gasteiger partial charge is 0.385 e. The molecule has 13 heavy (non-hydrogen) atoms. The normalized spacial score (nSPS) is 11.5. The van der Waals surface area contributed by atoms with Gasteiger partial charge >= 0.3 is 9.45 Å². The summed E-state index contributed by atoms with van der Waals surface area (Å²) in [7, 11) is -1.58. The molecular weight excluding hydrogens is 182 g/mol. The van der Waals surface area contributed by atoms with Crippen molar-refractivity contribution in [2.45, 2.75) is 46.6 Å². The lowest BCUT2D eigenvalue weighted by Gasteiger charge is -2.19. The summed E-state index contributed by atoms with van der Waals surface area (Å²) in [5.74, 6) is 0. The molecule has 0 fully saturated rings. The van der Waals surface area contributed by atoms with Gasteiger partial charge in [0.05, 0.1) is 0 Å². The predicted octanol–water partition coefficient (Wildman–Crippen LogP) is 1.55. The van der Waals surface area contributed by atoms with Crippen LogP contribution in [-0.2, 0) is 8.85 Å². The molecule has 0 aromatic rings. The molecule has 0 aliphatic carbocycles. The Balaban J connectivity index is 3.60. The minimum atomic E-state index is -1.58. The van der Waals surface area contributed by atoms with Crippen LogP contribution in [0.4, 0.5) is 0 Å². The van der Waals surface area contributed by atoms with Gasteiger partial charge in [-0.05, 0) is 18.9 Å². The van der Waals surface area contributed by atoms with Crippen LogP contribution in [0.2, 0.25) is 0 Å². The first kappa shape index (κ1) is 13.1. The van der Waals surface area contributed by atoms with Gasteiger partial charge in [-0.2, -0.15) is 0 Å². The second-order valence-corrected chi connectivity index (χ2v) is 5.06. The minimum absolute atomic E-state index is 0.449. The Kier molecular flexibility index (Phi) is 8.75. The molecule has 0 radical (unpaired) electrons. The van der Waals surface area contributed by atoms with E-state index in [0.29, 0.717) is 6.04 Å². The lowest BCUT2D eigenvalue weighted by atomic mass is 10.4. The van der Waals surface area contributed by atoms with E-state index < -0.39 is 9.45 Å². The van der Waals surface area contributed by atoms with Crippen LogP contribution in [0, 0.1) is 0 Å². The van der Waals surface area contributed by atoms with E-state index >= 15 is 0 Å². The highest BCUT2D eigenvalue weighted by molar-refractivity contribution is 6.41. The van der Waals surface area contributed by atoms with Crippen molar-refractivity contribution < 1.29 is 8.85 Å². The summed E-state index contributed by atoms with van der Waals surface area (Å²) in [6.07, 6.45) is 2.11. The van der Waals surface area contributed by atoms with Crippen molar-refractivity contribution in [3.63, 3.8) is 0 Å². The molecule has 0 aromatic heterocycles. The van der Waals surface area contributed by atoms with E-state index in [2.05, 4.69) is 32.7 Å². The van der Waals surface area contributed by atoms with E-state index in [1.165, 1.54) is 0 Å². The Morgan fingerprint density at radius 1 is 1.08 bits per heavy atom. The van der Waals surface area contributed by atoms with Crippen molar-refractivity contribution in [3.05, 3.63) is 0 Å². The van der Waals surface area contributed by atoms with Crippen molar-refractivity contribution in [3.8, 4) is 0 Å². The molecule has 0 aromatic carbocycles. The molecule has 80 valence electrons. The van der Waals surface area contributed by atoms with Gasteiger partial charge in [0.15, 0.2) is 0 Å². The first-order valence-electron chi connectivity index (χ1n) is 5.20. The average Bonchev–Trinajstić information content (AvgIpc) is 2.09. The van der Waals surface area contributed by atoms with Gasteiger partial charge in [0, 0.05) is 13.2 Å². The third kappa shape index (κ3) is 8.43. The zero-order chi connectivity index (χ0) is 10.1. The van der Waals surface area contributed by atoms with Gasteiger partial charge in [0.2, 0.25) is 0 Å². The van der Waals surface area contributed by atoms with E-state index in [-0.39, 0.29) is 0 Å². The summed E-state index contributed by atoms with van der Waals surface area (Å²) >= 11 is 0. The second kappa shape index (κ2) is 8.68. The zero-order valence-corrected chi connectivity index (χ0v) is 10.5. The number of nitrogens with one attached hydrogen (secondary N) is 1. The molecule has 0 aliphatic rings. The summed E-state index contributed by atoms with van der Waals surface area (Å²) in [6.45, 7) is 10.1. The van der Waals surface area contributed by atoms with Gasteiger partial charge < -0.3 is 8.85 Å². The Morgan fingerprint density at radius 2 is 1.54 bits per heavy atom. The molecule has 0 amide bonds. The molecule has 0 aliphatic heterocycles. The van der Waals surface area contributed by atoms with Crippen LogP contribution in [-0.4, -0.2) is 28.7 Å². The third-order valence-electron chi connectivity index (χ3n) is 1.42. The maximum atomic E-state index is 5.61. The van der Waals surface area contributed by atoms with Crippen LogP contribution >= 0.6 is 0 Å². The lowest BCUT2D eigenvalue weighted by Crippen LogP contribution is -2.44. The monoisotopic (exact) mass is 205 g/mol. The SMILES string of the molecule is CCCO[SiH](NC(C)C)OCCC. The van der Waals surface area contributed by atoms with Crippen LogP contribution in [0.3, 0.4) is 0 Å². The standard InChI is InChI=1S/C9H23NO2Si/c1-5-7-11-13(10-9(3)4)12-8-6-2/h9-10,13H,5-8H2,1-4H3. The van der Waals surface area contributed by atoms with Crippen LogP contribution in [0.1, 0.15) is 40.5 Å². The molecule has 0 saturated carbocycles. The van der Waals surface area contributed by atoms with Crippen molar-refractivity contribution in [1.82, 2.24) is 4.98 Å². The third-order valence-corrected chi connectivity index (χ3v) is 3.43. The lowest BCUT2D eigenvalue weighted by molar-refractivity contribution is 0.184. The van der Waals surface area contributed by atoms with Gasteiger partial charge in [-0.25, -0.2) is 0 Å². The highest BCUT2D eigenvalue weighted by Gasteiger charge is 2.13. The molecule has 0 bridgehead atoms. The van der Waals surface area contributed by atoms with Gasteiger partial charge in [0.25, 0.3) is 0 Å². The Morgan fingerprint density at radius 3 is 1.85 bits per heavy atom. The Bertz CT molecular complexity index is 104. The fourth-order valence-electron chi connectivity index (χ4n) is 0.866. The average molecular weight is 205 g/mol. The number of rotatable bonds is 8. The van der Waals surface area contributed by atoms with Gasteiger partial charge in [-0.15, -0.1) is 0 Å². The fourth-order valence-corrected chi connectivity index (χ4v) is 2.60. The largest absolute Gasteiger partial charge is 0.408 e. The van der Waals surface area contributed by atoms with Gasteiger partial charge in [-0.3, -0.25) is 4.98 Å². The summed E-state index contributed by atoms with van der Waals surface area (Å²) in [6, 6.07) is 0.449. The van der Waals surface area contributed by atoms with Crippen molar-refractivity contribution >= 4 is 9.45 Å². The first-order chi connectivity index (χ1) is 6.20. The Labute approximate surface area is 83.7 Å². The van der Waals surface area contributed by atoms with Crippen LogP contribution < -0.4 is 4.98 Å². The van der Waals surface area contributed by atoms with E-state index in [1.54, 1.807) is 0 Å². The van der Waals surface area contributed by atoms with E-state index in [0.717, 1.165) is 26.1 Å². The summed E-state index contributed by atoms with van der Waals surface area (Å²) in [5, 5.41) is 0. The maximum absolute atomic E-state index is 5.61. The first-order valence-corrected chi connectivity index (χ1v) is 6.72. The Hall–Kier alpha value is 0.0969. The maximum Gasteiger partial charge on any atom is 0.408 e. The predicted molar refractivity (Wildman–Crippen MR) is 57.9 cm³/mol.